The molecular weight excluding hydrogens is 220 g/mol. The van der Waals surface area contributed by atoms with Crippen LogP contribution in [-0.4, -0.2) is 22.5 Å². The van der Waals surface area contributed by atoms with E-state index in [0.717, 1.165) is 17.6 Å². The van der Waals surface area contributed by atoms with E-state index in [4.69, 9.17) is 5.84 Å². The third-order valence-corrected chi connectivity index (χ3v) is 4.45. The lowest BCUT2D eigenvalue weighted by atomic mass is 9.92. The van der Waals surface area contributed by atoms with E-state index in [0.29, 0.717) is 6.04 Å². The molecule has 0 bridgehead atoms. The lowest BCUT2D eigenvalue weighted by molar-refractivity contribution is 0.107. The Morgan fingerprint density at radius 2 is 2.44 bits per heavy atom. The first kappa shape index (κ1) is 11.8. The van der Waals surface area contributed by atoms with Crippen molar-refractivity contribution in [2.45, 2.75) is 39.3 Å². The van der Waals surface area contributed by atoms with E-state index >= 15 is 0 Å². The number of thiazole rings is 1. The maximum absolute atomic E-state index is 5.33. The van der Waals surface area contributed by atoms with Crippen LogP contribution in [0.25, 0.3) is 0 Å². The van der Waals surface area contributed by atoms with Crippen molar-refractivity contribution in [2.75, 3.05) is 12.0 Å². The number of piperidine rings is 1. The lowest BCUT2D eigenvalue weighted by Crippen LogP contribution is -2.41. The largest absolute Gasteiger partial charge is 0.300 e. The predicted molar refractivity (Wildman–Crippen MR) is 68.2 cm³/mol. The number of nitrogens with two attached hydrogens (primary N) is 1. The highest BCUT2D eigenvalue weighted by molar-refractivity contribution is 7.15. The Hall–Kier alpha value is -0.650. The highest BCUT2D eigenvalue weighted by Crippen LogP contribution is 2.26. The fourth-order valence-electron chi connectivity index (χ4n) is 2.29. The van der Waals surface area contributed by atoms with Gasteiger partial charge in [-0.1, -0.05) is 18.3 Å². The van der Waals surface area contributed by atoms with Gasteiger partial charge in [0.25, 0.3) is 0 Å². The Morgan fingerprint density at radius 3 is 3.12 bits per heavy atom. The number of nitrogens with one attached hydrogen (secondary N) is 1. The van der Waals surface area contributed by atoms with Gasteiger partial charge in [0.1, 0.15) is 0 Å². The van der Waals surface area contributed by atoms with Crippen molar-refractivity contribution in [3.05, 3.63) is 11.1 Å². The van der Waals surface area contributed by atoms with E-state index < -0.39 is 0 Å². The first-order valence-electron chi connectivity index (χ1n) is 5.86. The molecular formula is C11H20N4S. The Balaban J connectivity index is 1.97. The zero-order valence-corrected chi connectivity index (χ0v) is 10.8. The topological polar surface area (TPSA) is 54.2 Å². The average molecular weight is 240 g/mol. The Kier molecular flexibility index (Phi) is 3.78. The summed E-state index contributed by atoms with van der Waals surface area (Å²) in [6.07, 6.45) is 4.59. The maximum atomic E-state index is 5.33. The van der Waals surface area contributed by atoms with E-state index in [1.54, 1.807) is 11.3 Å². The molecule has 3 N–H and O–H groups in total. The van der Waals surface area contributed by atoms with Gasteiger partial charge in [0, 0.05) is 23.7 Å². The molecule has 0 aromatic carbocycles. The molecule has 1 aromatic heterocycles. The number of rotatable bonds is 3. The number of hydrogen-bond donors (Lipinski definition) is 2. The number of nitrogens with zero attached hydrogens (tertiary/aromatic N) is 2. The van der Waals surface area contributed by atoms with Crippen molar-refractivity contribution in [1.29, 1.82) is 0 Å². The summed E-state index contributed by atoms with van der Waals surface area (Å²) < 4.78 is 0. The van der Waals surface area contributed by atoms with Crippen LogP contribution in [-0.2, 0) is 6.54 Å². The van der Waals surface area contributed by atoms with E-state index in [2.05, 4.69) is 29.2 Å². The van der Waals surface area contributed by atoms with E-state index in [-0.39, 0.29) is 0 Å². The van der Waals surface area contributed by atoms with E-state index in [1.165, 1.54) is 24.3 Å². The van der Waals surface area contributed by atoms with Crippen molar-refractivity contribution < 1.29 is 0 Å². The van der Waals surface area contributed by atoms with Crippen LogP contribution in [0.2, 0.25) is 0 Å². The molecule has 2 rings (SSSR count). The first-order valence-corrected chi connectivity index (χ1v) is 6.67. The quantitative estimate of drug-likeness (QED) is 0.627. The number of aromatic nitrogens is 1. The SMILES string of the molecule is CC1CCCN(Cc2cnc(NN)s2)C1C. The zero-order chi connectivity index (χ0) is 11.5. The van der Waals surface area contributed by atoms with Crippen LogP contribution >= 0.6 is 11.3 Å². The second kappa shape index (κ2) is 5.12. The van der Waals surface area contributed by atoms with Crippen molar-refractivity contribution in [3.63, 3.8) is 0 Å². The standard InChI is InChI=1S/C11H20N4S/c1-8-4-3-5-15(9(8)2)7-10-6-13-11(14-12)16-10/h6,8-9H,3-5,7,12H2,1-2H3,(H,13,14). The summed E-state index contributed by atoms with van der Waals surface area (Å²) in [5, 5.41) is 0.799. The zero-order valence-electron chi connectivity index (χ0n) is 9.94. The molecule has 1 saturated heterocycles. The molecule has 2 atom stereocenters. The molecule has 1 fully saturated rings. The minimum absolute atomic E-state index is 0.671. The van der Waals surface area contributed by atoms with E-state index in [1.807, 2.05) is 6.20 Å². The second-order valence-electron chi connectivity index (χ2n) is 4.61. The molecule has 0 radical (unpaired) electrons. The van der Waals surface area contributed by atoms with Gasteiger partial charge in [0.15, 0.2) is 5.13 Å². The normalized spacial score (nSPS) is 26.9. The van der Waals surface area contributed by atoms with Crippen LogP contribution in [0.5, 0.6) is 0 Å². The second-order valence-corrected chi connectivity index (χ2v) is 5.72. The molecule has 2 heterocycles. The van der Waals surface area contributed by atoms with Crippen LogP contribution in [0.3, 0.4) is 0 Å². The van der Waals surface area contributed by atoms with Gasteiger partial charge in [-0.05, 0) is 32.2 Å². The summed E-state index contributed by atoms with van der Waals surface area (Å²) in [5.41, 5.74) is 2.59. The van der Waals surface area contributed by atoms with E-state index in [9.17, 15) is 0 Å². The monoisotopic (exact) mass is 240 g/mol. The van der Waals surface area contributed by atoms with Crippen LogP contribution in [0, 0.1) is 5.92 Å². The molecule has 1 aliphatic rings. The van der Waals surface area contributed by atoms with Gasteiger partial charge in [-0.15, -0.1) is 0 Å². The molecule has 90 valence electrons. The van der Waals surface area contributed by atoms with Gasteiger partial charge in [0.05, 0.1) is 0 Å². The fraction of sp³-hybridized carbons (Fsp3) is 0.727. The number of anilines is 1. The molecule has 0 aliphatic carbocycles. The highest BCUT2D eigenvalue weighted by atomic mass is 32.1. The summed E-state index contributed by atoms with van der Waals surface area (Å²) in [7, 11) is 0. The molecule has 1 aromatic rings. The van der Waals surface area contributed by atoms with Crippen LogP contribution < -0.4 is 11.3 Å². The smallest absolute Gasteiger partial charge is 0.197 e. The Morgan fingerprint density at radius 1 is 1.62 bits per heavy atom. The third kappa shape index (κ3) is 2.53. The molecule has 2 unspecified atom stereocenters. The lowest BCUT2D eigenvalue weighted by Gasteiger charge is -2.37. The van der Waals surface area contributed by atoms with Gasteiger partial charge >= 0.3 is 0 Å². The molecule has 0 saturated carbocycles. The summed E-state index contributed by atoms with van der Waals surface area (Å²) in [5.74, 6) is 6.13. The number of hydrogen-bond acceptors (Lipinski definition) is 5. The van der Waals surface area contributed by atoms with Gasteiger partial charge in [-0.2, -0.15) is 0 Å². The van der Waals surface area contributed by atoms with Crippen LogP contribution in [0.1, 0.15) is 31.6 Å². The summed E-state index contributed by atoms with van der Waals surface area (Å²) in [6, 6.07) is 0.671. The van der Waals surface area contributed by atoms with Gasteiger partial charge in [-0.25, -0.2) is 10.8 Å². The number of likely N-dealkylation sites (tertiary alicyclic amines) is 1. The van der Waals surface area contributed by atoms with Gasteiger partial charge < -0.3 is 0 Å². The maximum Gasteiger partial charge on any atom is 0.197 e. The van der Waals surface area contributed by atoms with Crippen molar-refractivity contribution in [1.82, 2.24) is 9.88 Å². The first-order chi connectivity index (χ1) is 7.70. The van der Waals surface area contributed by atoms with Crippen molar-refractivity contribution >= 4 is 16.5 Å². The summed E-state index contributed by atoms with van der Waals surface area (Å²) >= 11 is 1.64. The van der Waals surface area contributed by atoms with Crippen molar-refractivity contribution in [2.24, 2.45) is 11.8 Å². The third-order valence-electron chi connectivity index (χ3n) is 3.54. The number of nitrogen functional groups attached to an aromatic ring is 1. The minimum atomic E-state index is 0.671. The van der Waals surface area contributed by atoms with Gasteiger partial charge in [0.2, 0.25) is 0 Å². The summed E-state index contributed by atoms with van der Waals surface area (Å²) in [6.45, 7) is 6.88. The predicted octanol–water partition coefficient (Wildman–Crippen LogP) is 2.05. The molecule has 5 heteroatoms. The summed E-state index contributed by atoms with van der Waals surface area (Å²) in [4.78, 5) is 8.03. The van der Waals surface area contributed by atoms with Crippen LogP contribution in [0.15, 0.2) is 6.20 Å². The Labute approximate surface area is 101 Å². The molecule has 1 aliphatic heterocycles. The molecule has 0 spiro atoms. The highest BCUT2D eigenvalue weighted by Gasteiger charge is 2.24. The van der Waals surface area contributed by atoms with Gasteiger partial charge in [-0.3, -0.25) is 10.3 Å². The minimum Gasteiger partial charge on any atom is -0.300 e. The molecule has 4 nitrogen and oxygen atoms in total. The number of hydrazine groups is 1. The average Bonchev–Trinajstić information content (AvgIpc) is 2.73. The van der Waals surface area contributed by atoms with Crippen molar-refractivity contribution in [3.8, 4) is 0 Å². The van der Waals surface area contributed by atoms with Crippen LogP contribution in [0.4, 0.5) is 5.13 Å². The molecule has 16 heavy (non-hydrogen) atoms. The Bertz CT molecular complexity index is 338. The molecule has 0 amide bonds. The fourth-order valence-corrected chi connectivity index (χ4v) is 3.04.